The molecule has 0 bridgehead atoms. The van der Waals surface area contributed by atoms with E-state index in [1.54, 1.807) is 17.7 Å². The Bertz CT molecular complexity index is 1120. The Kier molecular flexibility index (Phi) is 5.85. The quantitative estimate of drug-likeness (QED) is 0.674. The van der Waals surface area contributed by atoms with E-state index in [4.69, 9.17) is 16.3 Å². The fourth-order valence-electron chi connectivity index (χ4n) is 3.62. The van der Waals surface area contributed by atoms with Crippen molar-refractivity contribution in [2.24, 2.45) is 0 Å². The lowest BCUT2D eigenvalue weighted by atomic mass is 10.1. The van der Waals surface area contributed by atoms with E-state index in [0.29, 0.717) is 42.9 Å². The number of rotatable bonds is 5. The van der Waals surface area contributed by atoms with Gasteiger partial charge in [0.05, 0.1) is 24.2 Å². The molecule has 1 aliphatic heterocycles. The maximum Gasteiger partial charge on any atom is 0.346 e. The summed E-state index contributed by atoms with van der Waals surface area (Å²) >= 11 is 5.91. The average molecular weight is 428 g/mol. The van der Waals surface area contributed by atoms with Gasteiger partial charge in [-0.1, -0.05) is 23.7 Å². The molecule has 8 nitrogen and oxygen atoms in total. The smallest absolute Gasteiger partial charge is 0.346 e. The van der Waals surface area contributed by atoms with Crippen LogP contribution >= 0.6 is 11.6 Å². The number of ether oxygens (including phenoxy) is 1. The van der Waals surface area contributed by atoms with Crippen molar-refractivity contribution in [2.75, 3.05) is 7.11 Å². The van der Waals surface area contributed by atoms with Crippen LogP contribution in [0.2, 0.25) is 5.02 Å². The minimum Gasteiger partial charge on any atom is -0.497 e. The molecule has 2 aromatic heterocycles. The third-order valence-electron chi connectivity index (χ3n) is 5.19. The Morgan fingerprint density at radius 3 is 2.97 bits per heavy atom. The molecule has 1 atom stereocenters. The number of hydrogen-bond donors (Lipinski definition) is 1. The molecule has 3 aromatic rings. The summed E-state index contributed by atoms with van der Waals surface area (Å²) in [6.07, 6.45) is 4.94. The van der Waals surface area contributed by atoms with Crippen molar-refractivity contribution in [1.29, 1.82) is 0 Å². The lowest BCUT2D eigenvalue weighted by Crippen LogP contribution is -2.36. The number of nitrogens with one attached hydrogen (secondary N) is 1. The van der Waals surface area contributed by atoms with Crippen LogP contribution in [0.1, 0.15) is 34.6 Å². The van der Waals surface area contributed by atoms with Crippen molar-refractivity contribution in [3.05, 3.63) is 75.2 Å². The van der Waals surface area contributed by atoms with Crippen molar-refractivity contribution in [2.45, 2.75) is 38.4 Å². The van der Waals surface area contributed by atoms with Crippen LogP contribution in [0.15, 0.2) is 47.5 Å². The van der Waals surface area contributed by atoms with Crippen LogP contribution in [-0.2, 0) is 19.5 Å². The van der Waals surface area contributed by atoms with Crippen LogP contribution < -0.4 is 15.7 Å². The molecule has 0 spiro atoms. The van der Waals surface area contributed by atoms with Gasteiger partial charge in [-0.3, -0.25) is 14.3 Å². The van der Waals surface area contributed by atoms with Gasteiger partial charge in [0, 0.05) is 31.4 Å². The first-order chi connectivity index (χ1) is 14.5. The standard InChI is InChI=1S/C21H22ClN5O3/c1-30-18-4-2-3-14(9-18)13-27-21(29)26-8-7-17(5-6-19(26)25-27)24-20(28)15-10-16(22)12-23-11-15/h2-4,9-12,17H,5-8,13H2,1H3,(H,24,28). The minimum atomic E-state index is -0.218. The highest BCUT2D eigenvalue weighted by Gasteiger charge is 2.22. The number of pyridine rings is 1. The Morgan fingerprint density at radius 2 is 2.17 bits per heavy atom. The third kappa shape index (κ3) is 4.38. The zero-order chi connectivity index (χ0) is 21.1. The summed E-state index contributed by atoms with van der Waals surface area (Å²) in [7, 11) is 1.61. The van der Waals surface area contributed by atoms with E-state index in [9.17, 15) is 9.59 Å². The molecule has 1 unspecified atom stereocenters. The second-order valence-electron chi connectivity index (χ2n) is 7.25. The second-order valence-corrected chi connectivity index (χ2v) is 7.69. The maximum atomic E-state index is 12.8. The number of carbonyl (C=O) groups excluding carboxylic acids is 1. The topological polar surface area (TPSA) is 91.0 Å². The molecule has 1 aromatic carbocycles. The van der Waals surface area contributed by atoms with Crippen LogP contribution in [-0.4, -0.2) is 38.4 Å². The van der Waals surface area contributed by atoms with Crippen LogP contribution in [0.5, 0.6) is 5.75 Å². The largest absolute Gasteiger partial charge is 0.497 e. The normalized spacial score (nSPS) is 15.9. The van der Waals surface area contributed by atoms with Gasteiger partial charge in [0.25, 0.3) is 5.91 Å². The highest BCUT2D eigenvalue weighted by atomic mass is 35.5. The third-order valence-corrected chi connectivity index (χ3v) is 5.39. The number of hydrogen-bond acceptors (Lipinski definition) is 5. The summed E-state index contributed by atoms with van der Waals surface area (Å²) in [6, 6.07) is 9.13. The number of carbonyl (C=O) groups is 1. The number of nitrogens with zero attached hydrogens (tertiary/aromatic N) is 4. The first-order valence-corrected chi connectivity index (χ1v) is 10.1. The number of aryl methyl sites for hydroxylation is 1. The molecule has 0 aliphatic carbocycles. The van der Waals surface area contributed by atoms with Gasteiger partial charge in [0.1, 0.15) is 11.6 Å². The van der Waals surface area contributed by atoms with Gasteiger partial charge in [0.2, 0.25) is 0 Å². The first-order valence-electron chi connectivity index (χ1n) is 9.74. The predicted octanol–water partition coefficient (Wildman–Crippen LogP) is 2.29. The minimum absolute atomic E-state index is 0.0515. The molecule has 156 valence electrons. The number of methoxy groups -OCH3 is 1. The maximum absolute atomic E-state index is 12.8. The zero-order valence-electron chi connectivity index (χ0n) is 16.5. The molecular weight excluding hydrogens is 406 g/mol. The van der Waals surface area contributed by atoms with Gasteiger partial charge in [-0.2, -0.15) is 5.10 Å². The molecule has 1 amide bonds. The van der Waals surface area contributed by atoms with E-state index in [2.05, 4.69) is 15.4 Å². The molecule has 4 rings (SSSR count). The van der Waals surface area contributed by atoms with Crippen molar-refractivity contribution < 1.29 is 9.53 Å². The Morgan fingerprint density at radius 1 is 1.30 bits per heavy atom. The fraction of sp³-hybridized carbons (Fsp3) is 0.333. The average Bonchev–Trinajstić information content (AvgIpc) is 2.91. The summed E-state index contributed by atoms with van der Waals surface area (Å²) in [4.78, 5) is 29.2. The lowest BCUT2D eigenvalue weighted by Gasteiger charge is -2.16. The number of fused-ring (bicyclic) bond motifs is 1. The fourth-order valence-corrected chi connectivity index (χ4v) is 3.80. The highest BCUT2D eigenvalue weighted by molar-refractivity contribution is 6.30. The van der Waals surface area contributed by atoms with Crippen LogP contribution in [0.4, 0.5) is 0 Å². The molecule has 1 aliphatic rings. The van der Waals surface area contributed by atoms with E-state index >= 15 is 0 Å². The molecule has 30 heavy (non-hydrogen) atoms. The van der Waals surface area contributed by atoms with Crippen molar-refractivity contribution in [1.82, 2.24) is 24.6 Å². The Balaban J connectivity index is 1.43. The summed E-state index contributed by atoms with van der Waals surface area (Å²) in [5.74, 6) is 1.27. The van der Waals surface area contributed by atoms with Gasteiger partial charge in [-0.25, -0.2) is 9.48 Å². The number of halogens is 1. The molecule has 0 saturated heterocycles. The van der Waals surface area contributed by atoms with Crippen molar-refractivity contribution in [3.63, 3.8) is 0 Å². The monoisotopic (exact) mass is 427 g/mol. The van der Waals surface area contributed by atoms with Crippen LogP contribution in [0, 0.1) is 0 Å². The Hall–Kier alpha value is -3.13. The number of aromatic nitrogens is 4. The van der Waals surface area contributed by atoms with Gasteiger partial charge in [-0.15, -0.1) is 0 Å². The molecule has 3 heterocycles. The first kappa shape index (κ1) is 20.2. The van der Waals surface area contributed by atoms with Crippen molar-refractivity contribution in [3.8, 4) is 5.75 Å². The van der Waals surface area contributed by atoms with Gasteiger partial charge >= 0.3 is 5.69 Å². The van der Waals surface area contributed by atoms with E-state index < -0.39 is 0 Å². The van der Waals surface area contributed by atoms with Crippen molar-refractivity contribution >= 4 is 17.5 Å². The zero-order valence-corrected chi connectivity index (χ0v) is 17.3. The van der Waals surface area contributed by atoms with Gasteiger partial charge < -0.3 is 10.1 Å². The van der Waals surface area contributed by atoms with Gasteiger partial charge in [-0.05, 0) is 36.6 Å². The highest BCUT2D eigenvalue weighted by Crippen LogP contribution is 2.16. The molecule has 1 N–H and O–H groups in total. The van der Waals surface area contributed by atoms with Gasteiger partial charge in [0.15, 0.2) is 0 Å². The molecule has 0 fully saturated rings. The SMILES string of the molecule is COc1cccc(Cn2nc3n(c2=O)CCC(NC(=O)c2cncc(Cl)c2)CC3)c1. The predicted molar refractivity (Wildman–Crippen MR) is 112 cm³/mol. The second kappa shape index (κ2) is 8.71. The molecular formula is C21H22ClN5O3. The molecule has 0 saturated carbocycles. The number of benzene rings is 1. The lowest BCUT2D eigenvalue weighted by molar-refractivity contribution is 0.0932. The summed E-state index contributed by atoms with van der Waals surface area (Å²) < 4.78 is 8.43. The summed E-state index contributed by atoms with van der Waals surface area (Å²) in [6.45, 7) is 0.892. The van der Waals surface area contributed by atoms with E-state index in [1.165, 1.54) is 17.1 Å². The van der Waals surface area contributed by atoms with Crippen LogP contribution in [0.3, 0.4) is 0 Å². The van der Waals surface area contributed by atoms with E-state index in [-0.39, 0.29) is 17.6 Å². The summed E-state index contributed by atoms with van der Waals surface area (Å²) in [5, 5.41) is 7.96. The van der Waals surface area contributed by atoms with E-state index in [1.807, 2.05) is 24.3 Å². The number of amides is 1. The Labute approximate surface area is 178 Å². The molecule has 0 radical (unpaired) electrons. The van der Waals surface area contributed by atoms with E-state index in [0.717, 1.165) is 17.1 Å². The summed E-state index contributed by atoms with van der Waals surface area (Å²) in [5.41, 5.74) is 1.23. The molecule has 9 heteroatoms. The van der Waals surface area contributed by atoms with Crippen LogP contribution in [0.25, 0.3) is 0 Å².